The third-order valence-electron chi connectivity index (χ3n) is 4.28. The minimum absolute atomic E-state index is 0.0545. The Hall–Kier alpha value is -2.91. The van der Waals surface area contributed by atoms with Crippen LogP contribution in [-0.4, -0.2) is 38.0 Å². The first kappa shape index (κ1) is 17.9. The van der Waals surface area contributed by atoms with Crippen LogP contribution in [0.3, 0.4) is 0 Å². The van der Waals surface area contributed by atoms with Gasteiger partial charge in [0.15, 0.2) is 5.69 Å². The molecule has 1 aromatic heterocycles. The summed E-state index contributed by atoms with van der Waals surface area (Å²) in [5, 5.41) is 19.0. The van der Waals surface area contributed by atoms with Crippen molar-refractivity contribution in [2.24, 2.45) is 5.92 Å². The number of carboxylic acid groups (broad SMARTS) is 1. The molecule has 2 aromatic rings. The number of nitrogens with zero attached hydrogens (tertiary/aromatic N) is 3. The van der Waals surface area contributed by atoms with Gasteiger partial charge in [0, 0.05) is 6.04 Å². The van der Waals surface area contributed by atoms with Crippen LogP contribution >= 0.6 is 0 Å². The number of amides is 1. The number of alkyl halides is 3. The van der Waals surface area contributed by atoms with Gasteiger partial charge < -0.3 is 10.4 Å². The molecule has 0 radical (unpaired) electrons. The van der Waals surface area contributed by atoms with Crippen LogP contribution in [0.4, 0.5) is 13.2 Å². The van der Waals surface area contributed by atoms with Crippen LogP contribution in [0.1, 0.15) is 35.3 Å². The molecule has 0 saturated heterocycles. The lowest BCUT2D eigenvalue weighted by molar-refractivity contribution is -0.141. The van der Waals surface area contributed by atoms with Crippen molar-refractivity contribution in [1.82, 2.24) is 20.3 Å². The van der Waals surface area contributed by atoms with Gasteiger partial charge in [-0.25, -0.2) is 4.68 Å². The Morgan fingerprint density at radius 2 is 2.04 bits per heavy atom. The van der Waals surface area contributed by atoms with Gasteiger partial charge in [0.1, 0.15) is 0 Å². The van der Waals surface area contributed by atoms with Crippen molar-refractivity contribution < 1.29 is 27.9 Å². The summed E-state index contributed by atoms with van der Waals surface area (Å²) >= 11 is 0. The summed E-state index contributed by atoms with van der Waals surface area (Å²) in [6.07, 6.45) is -1.89. The minimum Gasteiger partial charge on any atom is -0.481 e. The summed E-state index contributed by atoms with van der Waals surface area (Å²) in [7, 11) is 0. The Morgan fingerprint density at radius 3 is 2.69 bits per heavy atom. The SMILES string of the molecule is O=C(N[C@@H]1CC[C@H](C(=O)O)C1)c1cn(-c2cccc(C(F)(F)F)c2)nn1. The van der Waals surface area contributed by atoms with E-state index in [1.807, 2.05) is 0 Å². The number of nitrogens with one attached hydrogen (secondary N) is 1. The second kappa shape index (κ2) is 6.77. The van der Waals surface area contributed by atoms with E-state index in [2.05, 4.69) is 15.6 Å². The third kappa shape index (κ3) is 3.84. The Labute approximate surface area is 145 Å². The van der Waals surface area contributed by atoms with Crippen LogP contribution in [-0.2, 0) is 11.0 Å². The minimum atomic E-state index is -4.49. The normalized spacial score (nSPS) is 20.1. The van der Waals surface area contributed by atoms with E-state index in [1.165, 1.54) is 18.3 Å². The van der Waals surface area contributed by atoms with E-state index in [0.717, 1.165) is 16.8 Å². The Kier molecular flexibility index (Phi) is 4.66. The highest BCUT2D eigenvalue weighted by Crippen LogP contribution is 2.30. The average Bonchev–Trinajstić information content (AvgIpc) is 3.23. The lowest BCUT2D eigenvalue weighted by Gasteiger charge is -2.10. The lowest BCUT2D eigenvalue weighted by Crippen LogP contribution is -2.33. The first-order chi connectivity index (χ1) is 12.2. The van der Waals surface area contributed by atoms with E-state index < -0.39 is 29.5 Å². The summed E-state index contributed by atoms with van der Waals surface area (Å²) in [5.41, 5.74) is -0.762. The van der Waals surface area contributed by atoms with Gasteiger partial charge in [-0.05, 0) is 37.5 Å². The zero-order valence-corrected chi connectivity index (χ0v) is 13.4. The van der Waals surface area contributed by atoms with Gasteiger partial charge in [-0.2, -0.15) is 13.2 Å². The highest BCUT2D eigenvalue weighted by molar-refractivity contribution is 5.92. The third-order valence-corrected chi connectivity index (χ3v) is 4.28. The summed E-state index contributed by atoms with van der Waals surface area (Å²) in [6, 6.07) is 4.23. The molecule has 3 rings (SSSR count). The van der Waals surface area contributed by atoms with Crippen LogP contribution in [0.25, 0.3) is 5.69 Å². The number of carbonyl (C=O) groups is 2. The van der Waals surface area contributed by atoms with Crippen LogP contribution in [0, 0.1) is 5.92 Å². The molecule has 0 unspecified atom stereocenters. The summed E-state index contributed by atoms with van der Waals surface area (Å²) in [4.78, 5) is 23.1. The molecule has 2 N–H and O–H groups in total. The number of carboxylic acids is 1. The van der Waals surface area contributed by atoms with Gasteiger partial charge in [-0.1, -0.05) is 11.3 Å². The van der Waals surface area contributed by atoms with Gasteiger partial charge in [0.05, 0.1) is 23.4 Å². The lowest BCUT2D eigenvalue weighted by atomic mass is 10.1. The molecule has 138 valence electrons. The second-order valence-corrected chi connectivity index (χ2v) is 6.12. The summed E-state index contributed by atoms with van der Waals surface area (Å²) in [5.74, 6) is -1.92. The molecular weight excluding hydrogens is 353 g/mol. The molecule has 1 saturated carbocycles. The Bertz CT molecular complexity index is 834. The second-order valence-electron chi connectivity index (χ2n) is 6.12. The van der Waals surface area contributed by atoms with Crippen molar-refractivity contribution in [2.75, 3.05) is 0 Å². The van der Waals surface area contributed by atoms with Gasteiger partial charge in [0.25, 0.3) is 5.91 Å². The number of hydrogen-bond acceptors (Lipinski definition) is 4. The van der Waals surface area contributed by atoms with Crippen molar-refractivity contribution >= 4 is 11.9 Å². The van der Waals surface area contributed by atoms with E-state index in [0.29, 0.717) is 19.3 Å². The molecule has 26 heavy (non-hydrogen) atoms. The number of benzene rings is 1. The summed E-state index contributed by atoms with van der Waals surface area (Å²) in [6.45, 7) is 0. The van der Waals surface area contributed by atoms with Crippen molar-refractivity contribution in [2.45, 2.75) is 31.5 Å². The van der Waals surface area contributed by atoms with E-state index in [4.69, 9.17) is 5.11 Å². The van der Waals surface area contributed by atoms with E-state index >= 15 is 0 Å². The molecular formula is C16H15F3N4O3. The average molecular weight is 368 g/mol. The number of aromatic nitrogens is 3. The standard InChI is InChI=1S/C16H15F3N4O3/c17-16(18,19)10-2-1-3-12(7-10)23-8-13(21-22-23)14(24)20-11-5-4-9(6-11)15(25)26/h1-3,7-9,11H,4-6H2,(H,20,24)(H,25,26)/t9-,11+/m0/s1. The number of rotatable bonds is 4. The topological polar surface area (TPSA) is 97.1 Å². The molecule has 7 nitrogen and oxygen atoms in total. The highest BCUT2D eigenvalue weighted by Gasteiger charge is 2.32. The largest absolute Gasteiger partial charge is 0.481 e. The van der Waals surface area contributed by atoms with Crippen molar-refractivity contribution in [1.29, 1.82) is 0 Å². The highest BCUT2D eigenvalue weighted by atomic mass is 19.4. The first-order valence-corrected chi connectivity index (χ1v) is 7.87. The molecule has 0 spiro atoms. The Balaban J connectivity index is 1.70. The van der Waals surface area contributed by atoms with Gasteiger partial charge in [-0.15, -0.1) is 5.10 Å². The molecule has 1 fully saturated rings. The van der Waals surface area contributed by atoms with E-state index in [9.17, 15) is 22.8 Å². The molecule has 1 aliphatic carbocycles. The zero-order valence-electron chi connectivity index (χ0n) is 13.4. The van der Waals surface area contributed by atoms with Crippen molar-refractivity contribution in [3.8, 4) is 5.69 Å². The van der Waals surface area contributed by atoms with Crippen LogP contribution in [0.15, 0.2) is 30.5 Å². The summed E-state index contributed by atoms with van der Waals surface area (Å²) < 4.78 is 39.4. The number of carbonyl (C=O) groups excluding carboxylic acids is 1. The van der Waals surface area contributed by atoms with Gasteiger partial charge in [0.2, 0.25) is 0 Å². The molecule has 1 amide bonds. The fraction of sp³-hybridized carbons (Fsp3) is 0.375. The van der Waals surface area contributed by atoms with Crippen molar-refractivity contribution in [3.63, 3.8) is 0 Å². The maximum atomic E-state index is 12.8. The number of halogens is 3. The van der Waals surface area contributed by atoms with E-state index in [-0.39, 0.29) is 17.4 Å². The molecule has 1 aromatic carbocycles. The van der Waals surface area contributed by atoms with Gasteiger partial charge in [-0.3, -0.25) is 9.59 Å². The number of aliphatic carboxylic acids is 1. The molecule has 2 atom stereocenters. The van der Waals surface area contributed by atoms with Crippen LogP contribution in [0.5, 0.6) is 0 Å². The monoisotopic (exact) mass is 368 g/mol. The van der Waals surface area contributed by atoms with Crippen LogP contribution in [0.2, 0.25) is 0 Å². The molecule has 10 heteroatoms. The molecule has 0 aliphatic heterocycles. The number of hydrogen-bond donors (Lipinski definition) is 2. The van der Waals surface area contributed by atoms with Crippen molar-refractivity contribution in [3.05, 3.63) is 41.7 Å². The fourth-order valence-electron chi connectivity index (χ4n) is 2.92. The van der Waals surface area contributed by atoms with Gasteiger partial charge >= 0.3 is 12.1 Å². The predicted octanol–water partition coefficient (Wildman–Crippen LogP) is 2.27. The maximum Gasteiger partial charge on any atom is 0.416 e. The predicted molar refractivity (Wildman–Crippen MR) is 82.6 cm³/mol. The molecule has 0 bridgehead atoms. The van der Waals surface area contributed by atoms with Crippen LogP contribution < -0.4 is 5.32 Å². The molecule has 1 aliphatic rings. The molecule has 1 heterocycles. The van der Waals surface area contributed by atoms with E-state index in [1.54, 1.807) is 0 Å². The first-order valence-electron chi connectivity index (χ1n) is 7.87. The quantitative estimate of drug-likeness (QED) is 0.863. The maximum absolute atomic E-state index is 12.8. The fourth-order valence-corrected chi connectivity index (χ4v) is 2.92. The smallest absolute Gasteiger partial charge is 0.416 e. The Morgan fingerprint density at radius 1 is 1.27 bits per heavy atom. The zero-order chi connectivity index (χ0) is 18.9.